The molecule has 0 spiro atoms. The fourth-order valence-corrected chi connectivity index (χ4v) is 4.56. The van der Waals surface area contributed by atoms with Gasteiger partial charge in [-0.25, -0.2) is 0 Å². The van der Waals surface area contributed by atoms with Gasteiger partial charge in [-0.15, -0.1) is 11.3 Å². The molecule has 0 bridgehead atoms. The monoisotopic (exact) mass is 306 g/mol. The van der Waals surface area contributed by atoms with Crippen molar-refractivity contribution in [1.29, 1.82) is 0 Å². The molecule has 2 heterocycles. The fourth-order valence-electron chi connectivity index (χ4n) is 2.92. The Morgan fingerprint density at radius 1 is 1.40 bits per heavy atom. The van der Waals surface area contributed by atoms with Crippen LogP contribution in [0, 0.1) is 13.8 Å². The maximum atomic E-state index is 6.14. The average molecular weight is 307 g/mol. The van der Waals surface area contributed by atoms with Crippen LogP contribution >= 0.6 is 22.7 Å². The molecular formula is C16H22N2S2. The lowest BCUT2D eigenvalue weighted by Gasteiger charge is -2.31. The van der Waals surface area contributed by atoms with Crippen LogP contribution in [0.1, 0.15) is 39.8 Å². The van der Waals surface area contributed by atoms with E-state index in [1.54, 1.807) is 11.3 Å². The van der Waals surface area contributed by atoms with Crippen molar-refractivity contribution in [1.82, 2.24) is 4.90 Å². The summed E-state index contributed by atoms with van der Waals surface area (Å²) in [7, 11) is 0. The van der Waals surface area contributed by atoms with Gasteiger partial charge in [0.15, 0.2) is 0 Å². The second-order valence-electron chi connectivity index (χ2n) is 5.66. The first-order valence-electron chi connectivity index (χ1n) is 7.23. The molecule has 2 nitrogen and oxygen atoms in total. The Labute approximate surface area is 129 Å². The predicted molar refractivity (Wildman–Crippen MR) is 88.5 cm³/mol. The number of aryl methyl sites for hydroxylation is 2. The lowest BCUT2D eigenvalue weighted by molar-refractivity contribution is 0.182. The number of nitrogens with zero attached hydrogens (tertiary/aromatic N) is 1. The van der Waals surface area contributed by atoms with E-state index in [0.717, 1.165) is 12.6 Å². The highest BCUT2D eigenvalue weighted by Crippen LogP contribution is 2.38. The van der Waals surface area contributed by atoms with Gasteiger partial charge in [-0.3, -0.25) is 4.90 Å². The van der Waals surface area contributed by atoms with Crippen molar-refractivity contribution in [2.75, 3.05) is 6.54 Å². The van der Waals surface area contributed by atoms with Crippen LogP contribution in [-0.4, -0.2) is 17.5 Å². The van der Waals surface area contributed by atoms with Gasteiger partial charge >= 0.3 is 0 Å². The first-order valence-corrected chi connectivity index (χ1v) is 8.98. The number of thiophene rings is 2. The Bertz CT molecular complexity index is 555. The minimum atomic E-state index is 0.368. The summed E-state index contributed by atoms with van der Waals surface area (Å²) >= 11 is 3.67. The maximum absolute atomic E-state index is 6.14. The standard InChI is InChI=1S/C16H22N2S2/c1-11-7-15(12(2)20-11)16(8-17)18(14-3-4-14)9-13-5-6-19-10-13/h5-7,10,14,16H,3-4,8-9,17H2,1-2H3. The highest BCUT2D eigenvalue weighted by molar-refractivity contribution is 7.12. The van der Waals surface area contributed by atoms with Crippen LogP contribution in [0.2, 0.25) is 0 Å². The Balaban J connectivity index is 1.86. The minimum absolute atomic E-state index is 0.368. The van der Waals surface area contributed by atoms with Crippen LogP contribution in [0.25, 0.3) is 0 Å². The highest BCUT2D eigenvalue weighted by atomic mass is 32.1. The highest BCUT2D eigenvalue weighted by Gasteiger charge is 2.35. The van der Waals surface area contributed by atoms with Crippen LogP contribution in [0.5, 0.6) is 0 Å². The van der Waals surface area contributed by atoms with Gasteiger partial charge in [0.25, 0.3) is 0 Å². The summed E-state index contributed by atoms with van der Waals surface area (Å²) in [5.74, 6) is 0. The van der Waals surface area contributed by atoms with Gasteiger partial charge in [-0.2, -0.15) is 11.3 Å². The summed E-state index contributed by atoms with van der Waals surface area (Å²) in [5.41, 5.74) is 9.01. The van der Waals surface area contributed by atoms with E-state index in [0.29, 0.717) is 12.6 Å². The third-order valence-corrected chi connectivity index (χ3v) is 5.74. The van der Waals surface area contributed by atoms with Crippen LogP contribution in [0.3, 0.4) is 0 Å². The van der Waals surface area contributed by atoms with Crippen molar-refractivity contribution in [2.45, 2.75) is 45.3 Å². The van der Waals surface area contributed by atoms with Gasteiger partial charge in [0.1, 0.15) is 0 Å². The van der Waals surface area contributed by atoms with E-state index >= 15 is 0 Å². The van der Waals surface area contributed by atoms with Crippen molar-refractivity contribution in [2.24, 2.45) is 5.73 Å². The summed E-state index contributed by atoms with van der Waals surface area (Å²) in [6.07, 6.45) is 2.64. The molecule has 0 aliphatic heterocycles. The molecule has 0 aromatic carbocycles. The summed E-state index contributed by atoms with van der Waals surface area (Å²) in [5, 5.41) is 4.42. The van der Waals surface area contributed by atoms with Gasteiger partial charge in [0.05, 0.1) is 0 Å². The largest absolute Gasteiger partial charge is 0.329 e. The first-order chi connectivity index (χ1) is 9.69. The Hall–Kier alpha value is -0.680. The van der Waals surface area contributed by atoms with E-state index in [-0.39, 0.29) is 0 Å². The molecule has 108 valence electrons. The first kappa shape index (κ1) is 14.3. The molecule has 3 rings (SSSR count). The van der Waals surface area contributed by atoms with Crippen molar-refractivity contribution >= 4 is 22.7 Å². The van der Waals surface area contributed by atoms with Crippen molar-refractivity contribution < 1.29 is 0 Å². The molecule has 4 heteroatoms. The second kappa shape index (κ2) is 5.98. The quantitative estimate of drug-likeness (QED) is 0.871. The zero-order chi connectivity index (χ0) is 14.1. The Kier molecular flexibility index (Phi) is 4.26. The molecule has 2 N–H and O–H groups in total. The van der Waals surface area contributed by atoms with Crippen LogP contribution < -0.4 is 5.73 Å². The summed E-state index contributed by atoms with van der Waals surface area (Å²) in [4.78, 5) is 5.44. The van der Waals surface area contributed by atoms with Gasteiger partial charge < -0.3 is 5.73 Å². The minimum Gasteiger partial charge on any atom is -0.329 e. The van der Waals surface area contributed by atoms with Gasteiger partial charge in [-0.05, 0) is 60.7 Å². The molecule has 1 aliphatic rings. The van der Waals surface area contributed by atoms with Crippen LogP contribution in [0.15, 0.2) is 22.9 Å². The molecule has 0 saturated heterocycles. The van der Waals surface area contributed by atoms with Crippen molar-refractivity contribution in [3.05, 3.63) is 43.8 Å². The average Bonchev–Trinajstić information content (AvgIpc) is 3.04. The van der Waals surface area contributed by atoms with Gasteiger partial charge in [-0.1, -0.05) is 0 Å². The molecular weight excluding hydrogens is 284 g/mol. The molecule has 1 aliphatic carbocycles. The van der Waals surface area contributed by atoms with E-state index in [2.05, 4.69) is 41.6 Å². The van der Waals surface area contributed by atoms with Gasteiger partial charge in [0.2, 0.25) is 0 Å². The number of hydrogen-bond acceptors (Lipinski definition) is 4. The zero-order valence-corrected chi connectivity index (χ0v) is 13.8. The number of rotatable bonds is 6. The zero-order valence-electron chi connectivity index (χ0n) is 12.1. The molecule has 2 aromatic heterocycles. The van der Waals surface area contributed by atoms with Crippen LogP contribution in [-0.2, 0) is 6.54 Å². The molecule has 1 fully saturated rings. The van der Waals surface area contributed by atoms with E-state index in [1.807, 2.05) is 11.3 Å². The summed E-state index contributed by atoms with van der Waals surface area (Å²) < 4.78 is 0. The SMILES string of the molecule is Cc1cc(C(CN)N(Cc2ccsc2)C2CC2)c(C)s1. The second-order valence-corrected chi connectivity index (χ2v) is 7.90. The smallest absolute Gasteiger partial charge is 0.0487 e. The molecule has 20 heavy (non-hydrogen) atoms. The number of hydrogen-bond donors (Lipinski definition) is 1. The predicted octanol–water partition coefficient (Wildman–Crippen LogP) is 4.09. The lowest BCUT2D eigenvalue weighted by Crippen LogP contribution is -2.35. The Morgan fingerprint density at radius 2 is 2.20 bits per heavy atom. The molecule has 1 unspecified atom stereocenters. The summed E-state index contributed by atoms with van der Waals surface area (Å²) in [6.45, 7) is 6.16. The maximum Gasteiger partial charge on any atom is 0.0487 e. The van der Waals surface area contributed by atoms with Crippen molar-refractivity contribution in [3.8, 4) is 0 Å². The normalized spacial score (nSPS) is 16.8. The molecule has 2 aromatic rings. The van der Waals surface area contributed by atoms with E-state index in [1.165, 1.54) is 33.7 Å². The fraction of sp³-hybridized carbons (Fsp3) is 0.500. The third kappa shape index (κ3) is 2.98. The molecule has 1 saturated carbocycles. The number of nitrogens with two attached hydrogens (primary N) is 1. The molecule has 1 atom stereocenters. The van der Waals surface area contributed by atoms with E-state index in [9.17, 15) is 0 Å². The molecule has 0 radical (unpaired) electrons. The van der Waals surface area contributed by atoms with Crippen molar-refractivity contribution in [3.63, 3.8) is 0 Å². The third-order valence-electron chi connectivity index (χ3n) is 4.02. The molecule has 0 amide bonds. The lowest BCUT2D eigenvalue weighted by atomic mass is 10.0. The topological polar surface area (TPSA) is 29.3 Å². The van der Waals surface area contributed by atoms with Crippen LogP contribution in [0.4, 0.5) is 0 Å². The Morgan fingerprint density at radius 3 is 2.70 bits per heavy atom. The summed E-state index contributed by atoms with van der Waals surface area (Å²) in [6, 6.07) is 5.66. The van der Waals surface area contributed by atoms with Gasteiger partial charge in [0, 0.05) is 34.9 Å². The van der Waals surface area contributed by atoms with E-state index < -0.39 is 0 Å². The van der Waals surface area contributed by atoms with E-state index in [4.69, 9.17) is 5.73 Å².